The van der Waals surface area contributed by atoms with Crippen molar-refractivity contribution in [1.82, 2.24) is 9.97 Å². The fourth-order valence-electron chi connectivity index (χ4n) is 1.52. The molecule has 2 rings (SSSR count). The van der Waals surface area contributed by atoms with Gasteiger partial charge in [-0.15, -0.1) is 0 Å². The number of aromatic nitrogens is 2. The van der Waals surface area contributed by atoms with Crippen LogP contribution < -0.4 is 11.2 Å². The first-order chi connectivity index (χ1) is 8.38. The second-order valence-electron chi connectivity index (χ2n) is 3.79. The van der Waals surface area contributed by atoms with Crippen molar-refractivity contribution >= 4 is 9.84 Å². The molecular weight excluding hydrogens is 256 g/mol. The minimum Gasteiger partial charge on any atom is -0.313 e. The molecule has 1 heterocycles. The van der Waals surface area contributed by atoms with Crippen LogP contribution in [0.2, 0.25) is 0 Å². The molecule has 0 saturated heterocycles. The number of sulfone groups is 1. The van der Waals surface area contributed by atoms with Gasteiger partial charge in [0.05, 0.1) is 10.5 Å². The molecule has 0 aliphatic heterocycles. The van der Waals surface area contributed by atoms with E-state index < -0.39 is 21.1 Å². The SMILES string of the molecule is CS(=O)(=O)c1cccc(-c2c[nH]c(=O)[nH]c2=O)c1. The molecule has 0 atom stereocenters. The maximum atomic E-state index is 11.6. The normalized spacial score (nSPS) is 11.4. The largest absolute Gasteiger partial charge is 0.325 e. The number of rotatable bonds is 2. The second kappa shape index (κ2) is 4.26. The Hall–Kier alpha value is -2.15. The lowest BCUT2D eigenvalue weighted by molar-refractivity contribution is 0.602. The molecule has 0 aliphatic rings. The summed E-state index contributed by atoms with van der Waals surface area (Å²) in [5.41, 5.74) is -0.539. The predicted octanol–water partition coefficient (Wildman–Crippen LogP) is 0.134. The van der Waals surface area contributed by atoms with E-state index in [1.807, 2.05) is 0 Å². The number of benzene rings is 1. The second-order valence-corrected chi connectivity index (χ2v) is 5.80. The highest BCUT2D eigenvalue weighted by atomic mass is 32.2. The van der Waals surface area contributed by atoms with Crippen LogP contribution in [0.3, 0.4) is 0 Å². The molecule has 0 aliphatic carbocycles. The number of nitrogens with one attached hydrogen (secondary N) is 2. The molecule has 94 valence electrons. The third-order valence-corrected chi connectivity index (χ3v) is 3.50. The lowest BCUT2D eigenvalue weighted by atomic mass is 10.1. The predicted molar refractivity (Wildman–Crippen MR) is 66.2 cm³/mol. The number of hydrogen-bond donors (Lipinski definition) is 2. The minimum atomic E-state index is -3.34. The van der Waals surface area contributed by atoms with Crippen molar-refractivity contribution in [1.29, 1.82) is 0 Å². The zero-order valence-corrected chi connectivity index (χ0v) is 10.2. The number of H-pyrrole nitrogens is 2. The zero-order chi connectivity index (χ0) is 13.3. The van der Waals surface area contributed by atoms with Crippen LogP contribution in [0.15, 0.2) is 44.9 Å². The van der Waals surface area contributed by atoms with E-state index in [9.17, 15) is 18.0 Å². The van der Waals surface area contributed by atoms with E-state index in [0.717, 1.165) is 6.26 Å². The Balaban J connectivity index is 2.66. The first kappa shape index (κ1) is 12.3. The molecule has 0 bridgehead atoms. The average Bonchev–Trinajstić information content (AvgIpc) is 2.28. The summed E-state index contributed by atoms with van der Waals surface area (Å²) < 4.78 is 22.8. The van der Waals surface area contributed by atoms with E-state index in [0.29, 0.717) is 5.56 Å². The molecule has 0 spiro atoms. The van der Waals surface area contributed by atoms with Gasteiger partial charge < -0.3 is 4.98 Å². The highest BCUT2D eigenvalue weighted by Gasteiger charge is 2.10. The Labute approximate surface area is 102 Å². The van der Waals surface area contributed by atoms with Gasteiger partial charge >= 0.3 is 5.69 Å². The Morgan fingerprint density at radius 2 is 1.89 bits per heavy atom. The smallest absolute Gasteiger partial charge is 0.313 e. The molecule has 0 amide bonds. The van der Waals surface area contributed by atoms with Crippen LogP contribution >= 0.6 is 0 Å². The van der Waals surface area contributed by atoms with Gasteiger partial charge in [-0.05, 0) is 17.7 Å². The average molecular weight is 266 g/mol. The Kier molecular flexibility index (Phi) is 2.92. The van der Waals surface area contributed by atoms with E-state index in [-0.39, 0.29) is 10.5 Å². The topological polar surface area (TPSA) is 99.9 Å². The maximum Gasteiger partial charge on any atom is 0.325 e. The van der Waals surface area contributed by atoms with E-state index in [2.05, 4.69) is 9.97 Å². The summed E-state index contributed by atoms with van der Waals surface area (Å²) in [6, 6.07) is 5.96. The summed E-state index contributed by atoms with van der Waals surface area (Å²) in [4.78, 5) is 27.0. The highest BCUT2D eigenvalue weighted by molar-refractivity contribution is 7.90. The van der Waals surface area contributed by atoms with E-state index in [4.69, 9.17) is 0 Å². The number of aromatic amines is 2. The summed E-state index contributed by atoms with van der Waals surface area (Å²) in [6.07, 6.45) is 2.34. The van der Waals surface area contributed by atoms with Gasteiger partial charge in [-0.3, -0.25) is 9.78 Å². The van der Waals surface area contributed by atoms with Crippen molar-refractivity contribution in [3.8, 4) is 11.1 Å². The van der Waals surface area contributed by atoms with Crippen molar-refractivity contribution < 1.29 is 8.42 Å². The van der Waals surface area contributed by atoms with Crippen LogP contribution in [0.25, 0.3) is 11.1 Å². The van der Waals surface area contributed by atoms with Gasteiger partial charge in [-0.2, -0.15) is 0 Å². The monoisotopic (exact) mass is 266 g/mol. The van der Waals surface area contributed by atoms with Gasteiger partial charge in [-0.25, -0.2) is 13.2 Å². The molecule has 7 heteroatoms. The zero-order valence-electron chi connectivity index (χ0n) is 9.43. The first-order valence-corrected chi connectivity index (χ1v) is 6.89. The molecule has 2 N–H and O–H groups in total. The summed E-state index contributed by atoms with van der Waals surface area (Å²) in [7, 11) is -3.34. The molecule has 2 aromatic rings. The molecule has 18 heavy (non-hydrogen) atoms. The van der Waals surface area contributed by atoms with Crippen LogP contribution in [-0.2, 0) is 9.84 Å². The first-order valence-electron chi connectivity index (χ1n) is 5.00. The lowest BCUT2D eigenvalue weighted by Gasteiger charge is -2.02. The van der Waals surface area contributed by atoms with Crippen molar-refractivity contribution in [2.45, 2.75) is 4.90 Å². The van der Waals surface area contributed by atoms with Gasteiger partial charge in [0.25, 0.3) is 5.56 Å². The molecule has 0 unspecified atom stereocenters. The highest BCUT2D eigenvalue weighted by Crippen LogP contribution is 2.18. The van der Waals surface area contributed by atoms with Crippen molar-refractivity contribution in [3.63, 3.8) is 0 Å². The van der Waals surface area contributed by atoms with Gasteiger partial charge in [0.2, 0.25) is 0 Å². The molecule has 0 radical (unpaired) electrons. The van der Waals surface area contributed by atoms with E-state index in [1.54, 1.807) is 6.07 Å². The third-order valence-electron chi connectivity index (χ3n) is 2.39. The minimum absolute atomic E-state index is 0.116. The van der Waals surface area contributed by atoms with E-state index >= 15 is 0 Å². The number of hydrogen-bond acceptors (Lipinski definition) is 4. The van der Waals surface area contributed by atoms with Crippen molar-refractivity contribution in [3.05, 3.63) is 51.3 Å². The molecule has 1 aromatic carbocycles. The summed E-state index contributed by atoms with van der Waals surface area (Å²) >= 11 is 0. The Morgan fingerprint density at radius 1 is 1.17 bits per heavy atom. The fraction of sp³-hybridized carbons (Fsp3) is 0.0909. The quantitative estimate of drug-likeness (QED) is 0.807. The molecule has 0 fully saturated rings. The molecule has 0 saturated carbocycles. The Morgan fingerprint density at radius 3 is 2.50 bits per heavy atom. The van der Waals surface area contributed by atoms with Gasteiger partial charge in [0, 0.05) is 12.5 Å². The molecular formula is C11H10N2O4S. The van der Waals surface area contributed by atoms with Crippen LogP contribution in [0.5, 0.6) is 0 Å². The van der Waals surface area contributed by atoms with E-state index in [1.165, 1.54) is 24.4 Å². The maximum absolute atomic E-state index is 11.6. The van der Waals surface area contributed by atoms with Crippen LogP contribution in [0.1, 0.15) is 0 Å². The summed E-state index contributed by atoms with van der Waals surface area (Å²) in [5, 5.41) is 0. The van der Waals surface area contributed by atoms with Crippen molar-refractivity contribution in [2.75, 3.05) is 6.26 Å². The lowest BCUT2D eigenvalue weighted by Crippen LogP contribution is -2.22. The van der Waals surface area contributed by atoms with Gasteiger partial charge in [0.15, 0.2) is 9.84 Å². The van der Waals surface area contributed by atoms with Gasteiger partial charge in [-0.1, -0.05) is 12.1 Å². The summed E-state index contributed by atoms with van der Waals surface area (Å²) in [6.45, 7) is 0. The standard InChI is InChI=1S/C11H10N2O4S/c1-18(16,17)8-4-2-3-7(5-8)9-6-12-11(15)13-10(9)14/h2-6H,1H3,(H2,12,13,14,15). The third kappa shape index (κ3) is 2.40. The van der Waals surface area contributed by atoms with Crippen LogP contribution in [0.4, 0.5) is 0 Å². The Bertz CT molecular complexity index is 802. The molecule has 6 nitrogen and oxygen atoms in total. The molecule has 1 aromatic heterocycles. The van der Waals surface area contributed by atoms with Crippen LogP contribution in [0, 0.1) is 0 Å². The summed E-state index contributed by atoms with van der Waals surface area (Å²) in [5.74, 6) is 0. The van der Waals surface area contributed by atoms with Gasteiger partial charge in [0.1, 0.15) is 0 Å². The fourth-order valence-corrected chi connectivity index (χ4v) is 2.19. The van der Waals surface area contributed by atoms with Crippen LogP contribution in [-0.4, -0.2) is 24.6 Å². The van der Waals surface area contributed by atoms with Crippen molar-refractivity contribution in [2.24, 2.45) is 0 Å².